The lowest BCUT2D eigenvalue weighted by molar-refractivity contribution is 0.00578. The molecule has 95 heavy (non-hydrogen) atoms. The van der Waals surface area contributed by atoms with Gasteiger partial charge in [0.25, 0.3) is 0 Å². The van der Waals surface area contributed by atoms with Crippen molar-refractivity contribution in [2.75, 3.05) is 7.05 Å². The van der Waals surface area contributed by atoms with Gasteiger partial charge in [-0.1, -0.05) is 244 Å². The Bertz CT molecular complexity index is 5690. The molecule has 6 aliphatic rings. The van der Waals surface area contributed by atoms with E-state index in [-0.39, 0.29) is 12.1 Å². The molecule has 0 bridgehead atoms. The number of thiophene rings is 2. The molecule has 4 aliphatic carbocycles. The molecule has 4 heterocycles. The highest BCUT2D eigenvalue weighted by Gasteiger charge is 2.56. The molecule has 20 rings (SSSR count). The number of fused-ring (bicyclic) bond motifs is 28. The molecule has 2 aromatic heterocycles. The van der Waals surface area contributed by atoms with Crippen LogP contribution < -0.4 is 5.46 Å². The largest absolute Gasteiger partial charge is 0.494 e. The lowest BCUT2D eigenvalue weighted by Crippen LogP contribution is -2.41. The molecule has 2 spiro atoms. The first-order chi connectivity index (χ1) is 46.4. The first kappa shape index (κ1) is 55.6. The summed E-state index contributed by atoms with van der Waals surface area (Å²) >= 11 is 3.83. The average molecular weight is 1260 g/mol. The van der Waals surface area contributed by atoms with Gasteiger partial charge in [0.1, 0.15) is 12.0 Å². The maximum absolute atomic E-state index is 6.86. The molecule has 14 aromatic rings. The van der Waals surface area contributed by atoms with E-state index < -0.39 is 29.2 Å². The van der Waals surface area contributed by atoms with Crippen molar-refractivity contribution in [3.05, 3.63) is 327 Å². The zero-order chi connectivity index (χ0) is 63.4. The van der Waals surface area contributed by atoms with E-state index in [9.17, 15) is 0 Å². The van der Waals surface area contributed by atoms with Crippen LogP contribution in [0.3, 0.4) is 0 Å². The van der Waals surface area contributed by atoms with Crippen molar-refractivity contribution in [3.63, 3.8) is 0 Å². The summed E-state index contributed by atoms with van der Waals surface area (Å²) in [5.41, 5.74) is 25.5. The second-order valence-electron chi connectivity index (χ2n) is 28.1. The summed E-state index contributed by atoms with van der Waals surface area (Å²) < 4.78 is 19.0. The highest BCUT2D eigenvalue weighted by molar-refractivity contribution is 7.26. The van der Waals surface area contributed by atoms with Crippen LogP contribution in [0.15, 0.2) is 265 Å². The summed E-state index contributed by atoms with van der Waals surface area (Å²) in [6, 6.07) is 96.3. The van der Waals surface area contributed by atoms with Gasteiger partial charge in [0, 0.05) is 69.6 Å². The van der Waals surface area contributed by atoms with Gasteiger partial charge >= 0.3 is 7.12 Å². The maximum atomic E-state index is 6.86. The molecule has 1 fully saturated rings. The Morgan fingerprint density at radius 2 is 0.926 bits per heavy atom. The Labute approximate surface area is 561 Å². The number of hydrogen-bond acceptors (Lipinski definition) is 7. The second-order valence-corrected chi connectivity index (χ2v) is 30.2. The molecule has 2 unspecified atom stereocenters. The molecule has 5 nitrogen and oxygen atoms in total. The summed E-state index contributed by atoms with van der Waals surface area (Å²) in [5.74, 6) is 1.73. The minimum Gasteiger partial charge on any atom is -0.399 e. The fraction of sp³-hybridized carbons (Fsp3) is 0.149. The third kappa shape index (κ3) is 7.46. The van der Waals surface area contributed by atoms with Crippen LogP contribution >= 0.6 is 22.7 Å². The highest BCUT2D eigenvalue weighted by Crippen LogP contribution is 2.67. The molecular weight excluding hydrogens is 1190 g/mol. The van der Waals surface area contributed by atoms with Crippen molar-refractivity contribution >= 4 is 87.3 Å². The SMILES string of the molecule is C[C@@H](Cc1ccc2c(c1)C1(c3ccccc3-2)c2cc(B3OC(C)(C)C(C)(C)O3)ccc2-c2c1ccc1c2sc2ccccc21)c1ccccc1C1=NC(c2ccc3c(c2)C2(c4ccccc4-c4ccccc42)c2ccc4c(sc5ccccc54)c2-3)=NC(c2ccccc2)N1C. The quantitative estimate of drug-likeness (QED) is 0.149. The third-order valence-electron chi connectivity index (χ3n) is 22.7. The third-order valence-corrected chi connectivity index (χ3v) is 25.1. The fourth-order valence-corrected chi connectivity index (χ4v) is 20.3. The van der Waals surface area contributed by atoms with Crippen LogP contribution in [0.2, 0.25) is 0 Å². The van der Waals surface area contributed by atoms with E-state index >= 15 is 0 Å². The Morgan fingerprint density at radius 1 is 0.442 bits per heavy atom. The predicted molar refractivity (Wildman–Crippen MR) is 396 cm³/mol. The van der Waals surface area contributed by atoms with Gasteiger partial charge in [-0.05, 0) is 158 Å². The van der Waals surface area contributed by atoms with Gasteiger partial charge in [0.15, 0.2) is 5.84 Å². The summed E-state index contributed by atoms with van der Waals surface area (Å²) in [7, 11) is 1.66. The molecule has 2 aliphatic heterocycles. The van der Waals surface area contributed by atoms with Crippen molar-refractivity contribution in [1.82, 2.24) is 4.90 Å². The summed E-state index contributed by atoms with van der Waals surface area (Å²) in [4.78, 5) is 13.8. The van der Waals surface area contributed by atoms with E-state index in [1.807, 2.05) is 22.7 Å². The molecule has 8 heteroatoms. The van der Waals surface area contributed by atoms with Gasteiger partial charge in [-0.2, -0.15) is 0 Å². The number of rotatable bonds is 7. The van der Waals surface area contributed by atoms with E-state index in [4.69, 9.17) is 19.3 Å². The van der Waals surface area contributed by atoms with E-state index in [0.29, 0.717) is 0 Å². The topological polar surface area (TPSA) is 46.4 Å². The Balaban J connectivity index is 0.728. The fourth-order valence-electron chi connectivity index (χ4n) is 17.7. The zero-order valence-corrected chi connectivity index (χ0v) is 55.3. The van der Waals surface area contributed by atoms with E-state index in [1.165, 1.54) is 140 Å². The molecule has 0 amide bonds. The molecule has 1 saturated heterocycles. The first-order valence-electron chi connectivity index (χ1n) is 33.4. The van der Waals surface area contributed by atoms with E-state index in [2.05, 4.69) is 301 Å². The average Bonchev–Trinajstić information content (AvgIpc) is 1.51. The van der Waals surface area contributed by atoms with Crippen molar-refractivity contribution in [1.29, 1.82) is 0 Å². The summed E-state index contributed by atoms with van der Waals surface area (Å²) in [5, 5.41) is 5.22. The maximum Gasteiger partial charge on any atom is 0.494 e. The van der Waals surface area contributed by atoms with Gasteiger partial charge in [-0.3, -0.25) is 0 Å². The first-order valence-corrected chi connectivity index (χ1v) is 35.1. The van der Waals surface area contributed by atoms with Gasteiger partial charge in [-0.15, -0.1) is 22.7 Å². The monoisotopic (exact) mass is 1260 g/mol. The van der Waals surface area contributed by atoms with Crippen LogP contribution in [0.1, 0.15) is 119 Å². The van der Waals surface area contributed by atoms with Crippen LogP contribution in [0.5, 0.6) is 0 Å². The van der Waals surface area contributed by atoms with Crippen LogP contribution in [-0.2, 0) is 26.6 Å². The zero-order valence-electron chi connectivity index (χ0n) is 53.7. The van der Waals surface area contributed by atoms with Gasteiger partial charge in [0.05, 0.1) is 22.0 Å². The van der Waals surface area contributed by atoms with Crippen molar-refractivity contribution in [3.8, 4) is 44.5 Å². The number of benzene rings is 12. The van der Waals surface area contributed by atoms with Gasteiger partial charge in [0.2, 0.25) is 0 Å². The molecule has 454 valence electrons. The smallest absolute Gasteiger partial charge is 0.399 e. The number of amidine groups is 2. The summed E-state index contributed by atoms with van der Waals surface area (Å²) in [6.07, 6.45) is 0.474. The number of aliphatic imine (C=N–C) groups is 2. The van der Waals surface area contributed by atoms with Crippen molar-refractivity contribution in [2.45, 2.75) is 75.2 Å². The van der Waals surface area contributed by atoms with Crippen LogP contribution in [-0.4, -0.2) is 41.9 Å². The second kappa shape index (κ2) is 19.9. The van der Waals surface area contributed by atoms with Crippen molar-refractivity contribution < 1.29 is 9.31 Å². The molecule has 0 saturated carbocycles. The Morgan fingerprint density at radius 3 is 1.54 bits per heavy atom. The minimum atomic E-state index is -0.602. The van der Waals surface area contributed by atoms with Crippen LogP contribution in [0.4, 0.5) is 0 Å². The molecule has 12 aromatic carbocycles. The Kier molecular flexibility index (Phi) is 11.6. The van der Waals surface area contributed by atoms with Crippen LogP contribution in [0, 0.1) is 0 Å². The van der Waals surface area contributed by atoms with Crippen molar-refractivity contribution in [2.24, 2.45) is 9.98 Å². The Hall–Kier alpha value is -9.80. The van der Waals surface area contributed by atoms with Gasteiger partial charge in [-0.25, -0.2) is 9.98 Å². The van der Waals surface area contributed by atoms with Gasteiger partial charge < -0.3 is 14.2 Å². The molecule has 0 N–H and O–H groups in total. The number of hydrogen-bond donors (Lipinski definition) is 0. The lowest BCUT2D eigenvalue weighted by Gasteiger charge is -2.34. The molecule has 0 radical (unpaired) electrons. The number of nitrogens with zero attached hydrogens (tertiary/aromatic N) is 3. The molecule has 3 atom stereocenters. The predicted octanol–water partition coefficient (Wildman–Crippen LogP) is 20.6. The van der Waals surface area contributed by atoms with E-state index in [1.54, 1.807) is 0 Å². The lowest BCUT2D eigenvalue weighted by atomic mass is 9.68. The molecular formula is C87H64BN3O2S2. The standard InChI is InChI=1S/C87H64BN3O2S2/c1-50(46-51-36-39-59-58-27-14-19-33-69(58)87(72(59)47-51)71-45-43-63-61-29-16-21-35-76(61)95-80(63)78(71)66-41-38-54(49-74(66)87)88-92-84(2,3)85(4,5)93-88)55-24-10-11-30-64(55)83-90-81(89-82(91(83)6)52-22-8-7-9-23-52)53-37-40-65-73(48-53)86(67-31-17-12-25-56(67)57-26-13-18-32-68(57)86)70-44-42-62-60-28-15-20-34-75(60)94-79(62)77(65)70/h7-45,47-50,82H,46H2,1-6H3/t50-,82?,87?/m0/s1. The summed E-state index contributed by atoms with van der Waals surface area (Å²) in [6.45, 7) is 11.0. The highest BCUT2D eigenvalue weighted by atomic mass is 32.1. The minimum absolute atomic E-state index is 0.0977. The van der Waals surface area contributed by atoms with Crippen LogP contribution in [0.25, 0.3) is 84.9 Å². The van der Waals surface area contributed by atoms with E-state index in [0.717, 1.165) is 40.2 Å². The normalized spacial score (nSPS) is 18.8.